The van der Waals surface area contributed by atoms with Crippen molar-refractivity contribution in [2.75, 3.05) is 6.61 Å². The molecule has 0 aliphatic heterocycles. The molecule has 0 unspecified atom stereocenters. The smallest absolute Gasteiger partial charge is 0.326 e. The van der Waals surface area contributed by atoms with E-state index in [1.54, 1.807) is 13.8 Å². The number of nitrogens with one attached hydrogen (secondary N) is 5. The van der Waals surface area contributed by atoms with Crippen LogP contribution >= 0.6 is 0 Å². The van der Waals surface area contributed by atoms with E-state index in [1.165, 1.54) is 0 Å². The van der Waals surface area contributed by atoms with E-state index in [1.807, 2.05) is 0 Å². The van der Waals surface area contributed by atoms with Crippen molar-refractivity contribution in [2.45, 2.75) is 96.1 Å². The predicted octanol–water partition coefficient (Wildman–Crippen LogP) is -3.94. The Kier molecular flexibility index (Phi) is 17.1. The summed E-state index contributed by atoms with van der Waals surface area (Å²) in [4.78, 5) is 96.3. The van der Waals surface area contributed by atoms with Gasteiger partial charge in [-0.1, -0.05) is 13.8 Å². The van der Waals surface area contributed by atoms with Gasteiger partial charge in [-0.2, -0.15) is 0 Å². The summed E-state index contributed by atoms with van der Waals surface area (Å²) in [5.41, 5.74) is 5.04. The molecule has 0 heterocycles. The molecule has 0 saturated heterocycles. The van der Waals surface area contributed by atoms with E-state index in [9.17, 15) is 53.7 Å². The van der Waals surface area contributed by atoms with E-state index in [4.69, 9.17) is 10.8 Å². The van der Waals surface area contributed by atoms with E-state index in [0.29, 0.717) is 0 Å². The summed E-state index contributed by atoms with van der Waals surface area (Å²) in [5.74, 6) is -8.46. The Balaban J connectivity index is 5.72. The Morgan fingerprint density at radius 2 is 1.16 bits per heavy atom. The summed E-state index contributed by atoms with van der Waals surface area (Å²) in [6.07, 6.45) is -3.02. The standard InChI is InChI=1S/C25H42N6O12/c1-11(2)9-16(22(39)28-15(25(42)43)5-7-18(26)35)29-24(41)20(12(3)33)31-23(40)17(10-32)30-21(38)14(27-13(4)34)6-8-19(36)37/h11-12,14-17,20,32-33H,5-10H2,1-4H3,(H2,26,35)(H,27,34)(H,28,39)(H,29,41)(H,30,38)(H,31,40)(H,36,37)(H,42,43)/t12-,14+,15+,16+,17+,20+/m1/s1. The highest BCUT2D eigenvalue weighted by Gasteiger charge is 2.34. The lowest BCUT2D eigenvalue weighted by Crippen LogP contribution is -2.61. The number of carbonyl (C=O) groups is 8. The van der Waals surface area contributed by atoms with Crippen LogP contribution in [0.1, 0.15) is 59.8 Å². The van der Waals surface area contributed by atoms with E-state index in [0.717, 1.165) is 13.8 Å². The molecule has 0 aliphatic carbocycles. The van der Waals surface area contributed by atoms with Crippen LogP contribution in [-0.4, -0.2) is 111 Å². The minimum atomic E-state index is -1.72. The lowest BCUT2D eigenvalue weighted by molar-refractivity contribution is -0.143. The first-order valence-corrected chi connectivity index (χ1v) is 13.4. The van der Waals surface area contributed by atoms with Crippen molar-refractivity contribution < 1.29 is 58.8 Å². The van der Waals surface area contributed by atoms with Crippen molar-refractivity contribution in [3.8, 4) is 0 Å². The van der Waals surface area contributed by atoms with Crippen LogP contribution in [0.25, 0.3) is 0 Å². The second-order valence-electron chi connectivity index (χ2n) is 10.3. The lowest BCUT2D eigenvalue weighted by Gasteiger charge is -2.28. The molecule has 6 amide bonds. The number of carboxylic acids is 2. The van der Waals surface area contributed by atoms with Crippen LogP contribution in [0.3, 0.4) is 0 Å². The molecule has 18 nitrogen and oxygen atoms in total. The summed E-state index contributed by atoms with van der Waals surface area (Å²) < 4.78 is 0. The maximum absolute atomic E-state index is 13.1. The van der Waals surface area contributed by atoms with Gasteiger partial charge in [0.2, 0.25) is 35.4 Å². The van der Waals surface area contributed by atoms with Crippen molar-refractivity contribution in [3.05, 3.63) is 0 Å². The normalized spacial score (nSPS) is 15.0. The van der Waals surface area contributed by atoms with Gasteiger partial charge in [0.15, 0.2) is 0 Å². The zero-order chi connectivity index (χ0) is 33.4. The van der Waals surface area contributed by atoms with Gasteiger partial charge in [0.1, 0.15) is 30.2 Å². The molecule has 0 fully saturated rings. The largest absolute Gasteiger partial charge is 0.481 e. The minimum Gasteiger partial charge on any atom is -0.481 e. The van der Waals surface area contributed by atoms with E-state index in [-0.39, 0.29) is 31.6 Å². The number of carbonyl (C=O) groups excluding carboxylic acids is 6. The molecule has 0 aromatic rings. The number of hydrogen-bond donors (Lipinski definition) is 10. The number of hydrogen-bond acceptors (Lipinski definition) is 10. The van der Waals surface area contributed by atoms with Crippen LogP contribution in [0.5, 0.6) is 0 Å². The van der Waals surface area contributed by atoms with E-state index in [2.05, 4.69) is 26.6 Å². The number of carboxylic acid groups (broad SMARTS) is 2. The third-order valence-electron chi connectivity index (χ3n) is 5.85. The molecule has 18 heteroatoms. The molecule has 11 N–H and O–H groups in total. The molecule has 0 aliphatic rings. The van der Waals surface area contributed by atoms with Crippen LogP contribution in [0.15, 0.2) is 0 Å². The number of aliphatic hydroxyl groups is 2. The monoisotopic (exact) mass is 618 g/mol. The third-order valence-corrected chi connectivity index (χ3v) is 5.85. The Bertz CT molecular complexity index is 1030. The summed E-state index contributed by atoms with van der Waals surface area (Å²) in [5, 5.41) is 49.2. The van der Waals surface area contributed by atoms with Gasteiger partial charge < -0.3 is 52.7 Å². The fourth-order valence-corrected chi connectivity index (χ4v) is 3.69. The van der Waals surface area contributed by atoms with Crippen molar-refractivity contribution in [2.24, 2.45) is 11.7 Å². The molecule has 0 saturated carbocycles. The van der Waals surface area contributed by atoms with Gasteiger partial charge in [-0.3, -0.25) is 33.6 Å². The zero-order valence-corrected chi connectivity index (χ0v) is 24.4. The highest BCUT2D eigenvalue weighted by Crippen LogP contribution is 2.08. The van der Waals surface area contributed by atoms with Crippen LogP contribution < -0.4 is 32.3 Å². The first-order valence-electron chi connectivity index (χ1n) is 13.4. The molecular weight excluding hydrogens is 576 g/mol. The molecule has 0 spiro atoms. The second-order valence-corrected chi connectivity index (χ2v) is 10.3. The van der Waals surface area contributed by atoms with Crippen molar-refractivity contribution in [1.82, 2.24) is 26.6 Å². The molecule has 0 aromatic heterocycles. The number of nitrogens with two attached hydrogens (primary N) is 1. The maximum Gasteiger partial charge on any atom is 0.326 e. The first kappa shape index (κ1) is 38.7. The Morgan fingerprint density at radius 3 is 1.60 bits per heavy atom. The van der Waals surface area contributed by atoms with Crippen molar-refractivity contribution in [1.29, 1.82) is 0 Å². The van der Waals surface area contributed by atoms with Gasteiger partial charge in [0.05, 0.1) is 12.7 Å². The number of aliphatic carboxylic acids is 2. The summed E-state index contributed by atoms with van der Waals surface area (Å²) in [6.45, 7) is 4.65. The van der Waals surface area contributed by atoms with Crippen LogP contribution in [0.2, 0.25) is 0 Å². The summed E-state index contributed by atoms with van der Waals surface area (Å²) in [7, 11) is 0. The fraction of sp³-hybridized carbons (Fsp3) is 0.680. The number of rotatable bonds is 20. The molecule has 244 valence electrons. The van der Waals surface area contributed by atoms with Crippen molar-refractivity contribution >= 4 is 47.4 Å². The molecule has 6 atom stereocenters. The van der Waals surface area contributed by atoms with Gasteiger partial charge >= 0.3 is 11.9 Å². The highest BCUT2D eigenvalue weighted by molar-refractivity contribution is 5.96. The van der Waals surface area contributed by atoms with Gasteiger partial charge in [-0.25, -0.2) is 4.79 Å². The second kappa shape index (κ2) is 19.0. The number of primary amides is 1. The Morgan fingerprint density at radius 1 is 0.674 bits per heavy atom. The van der Waals surface area contributed by atoms with Crippen LogP contribution in [0, 0.1) is 5.92 Å². The van der Waals surface area contributed by atoms with Gasteiger partial charge in [0.25, 0.3) is 0 Å². The minimum absolute atomic E-state index is 0.0103. The highest BCUT2D eigenvalue weighted by atomic mass is 16.4. The molecule has 0 rings (SSSR count). The van der Waals surface area contributed by atoms with Gasteiger partial charge in [0, 0.05) is 19.8 Å². The lowest BCUT2D eigenvalue weighted by atomic mass is 10.0. The fourth-order valence-electron chi connectivity index (χ4n) is 3.69. The van der Waals surface area contributed by atoms with Crippen LogP contribution in [0.4, 0.5) is 0 Å². The average molecular weight is 619 g/mol. The molecule has 0 bridgehead atoms. The SMILES string of the molecule is CC(=O)N[C@@H](CCC(=O)O)C(=O)N[C@@H](CO)C(=O)N[C@H](C(=O)N[C@@H](CC(C)C)C(=O)N[C@@H](CCC(N)=O)C(=O)O)[C@@H](C)O. The zero-order valence-electron chi connectivity index (χ0n) is 24.4. The van der Waals surface area contributed by atoms with Gasteiger partial charge in [-0.15, -0.1) is 0 Å². The third kappa shape index (κ3) is 15.5. The number of aliphatic hydroxyl groups excluding tert-OH is 2. The summed E-state index contributed by atoms with van der Waals surface area (Å²) >= 11 is 0. The maximum atomic E-state index is 13.1. The summed E-state index contributed by atoms with van der Waals surface area (Å²) in [6, 6.07) is -7.60. The molecule has 0 aromatic carbocycles. The Hall–Kier alpha value is -4.32. The van der Waals surface area contributed by atoms with Crippen LogP contribution in [-0.2, 0) is 38.4 Å². The first-order chi connectivity index (χ1) is 19.9. The predicted molar refractivity (Wildman–Crippen MR) is 146 cm³/mol. The average Bonchev–Trinajstić information content (AvgIpc) is 2.88. The Labute approximate surface area is 247 Å². The molecule has 0 radical (unpaired) electrons. The number of amides is 6. The molecular formula is C25H42N6O12. The molecule has 43 heavy (non-hydrogen) atoms. The van der Waals surface area contributed by atoms with Gasteiger partial charge in [-0.05, 0) is 32.1 Å². The van der Waals surface area contributed by atoms with Crippen molar-refractivity contribution in [3.63, 3.8) is 0 Å². The van der Waals surface area contributed by atoms with E-state index >= 15 is 0 Å². The quantitative estimate of drug-likeness (QED) is 0.0625. The van der Waals surface area contributed by atoms with E-state index < -0.39 is 96.7 Å². The topological polar surface area (TPSA) is 304 Å².